The number of amides is 1. The first-order chi connectivity index (χ1) is 7.08. The molecule has 1 aromatic heterocycles. The van der Waals surface area contributed by atoms with Gasteiger partial charge in [-0.2, -0.15) is 0 Å². The van der Waals surface area contributed by atoms with Crippen molar-refractivity contribution < 1.29 is 14.0 Å². The lowest BCUT2D eigenvalue weighted by atomic mass is 10.3. The van der Waals surface area contributed by atoms with E-state index in [1.165, 1.54) is 4.90 Å². The number of Topliss-reactive ketones (excluding diaryl/α,β-unsaturated/α-hetero) is 1. The van der Waals surface area contributed by atoms with Gasteiger partial charge >= 0.3 is 0 Å². The normalized spacial score (nSPS) is 18.7. The number of ketones is 1. The zero-order valence-corrected chi connectivity index (χ0v) is 8.69. The Labute approximate surface area is 87.1 Å². The van der Waals surface area contributed by atoms with E-state index in [2.05, 4.69) is 4.98 Å². The van der Waals surface area contributed by atoms with Gasteiger partial charge in [-0.1, -0.05) is 0 Å². The average Bonchev–Trinajstić information content (AvgIpc) is 2.71. The van der Waals surface area contributed by atoms with Gasteiger partial charge in [0, 0.05) is 0 Å². The highest BCUT2D eigenvalue weighted by Gasteiger charge is 2.33. The summed E-state index contributed by atoms with van der Waals surface area (Å²) in [6, 6.07) is -0.266. The third kappa shape index (κ3) is 1.77. The van der Waals surface area contributed by atoms with Gasteiger partial charge in [0.05, 0.1) is 19.2 Å². The Morgan fingerprint density at radius 1 is 1.53 bits per heavy atom. The van der Waals surface area contributed by atoms with E-state index in [0.29, 0.717) is 11.7 Å². The van der Waals surface area contributed by atoms with Crippen molar-refractivity contribution in [3.8, 4) is 0 Å². The maximum Gasteiger partial charge on any atom is 0.231 e. The fourth-order valence-corrected chi connectivity index (χ4v) is 1.66. The fraction of sp³-hybridized carbons (Fsp3) is 0.500. The quantitative estimate of drug-likeness (QED) is 0.676. The smallest absolute Gasteiger partial charge is 0.231 e. The Bertz CT molecular complexity index is 411. The largest absolute Gasteiger partial charge is 0.444 e. The van der Waals surface area contributed by atoms with Gasteiger partial charge < -0.3 is 9.32 Å². The molecule has 2 rings (SSSR count). The Kier molecular flexibility index (Phi) is 2.30. The molecule has 5 heteroatoms. The lowest BCUT2D eigenvalue weighted by Gasteiger charge is -2.20. The van der Waals surface area contributed by atoms with Crippen molar-refractivity contribution in [3.05, 3.63) is 17.8 Å². The molecule has 2 heterocycles. The fourth-order valence-electron chi connectivity index (χ4n) is 1.66. The summed E-state index contributed by atoms with van der Waals surface area (Å²) in [6.07, 6.45) is 1.61. The summed E-state index contributed by atoms with van der Waals surface area (Å²) in [5.41, 5.74) is 0. The minimum atomic E-state index is -0.266. The van der Waals surface area contributed by atoms with Crippen molar-refractivity contribution in [2.45, 2.75) is 26.3 Å². The highest BCUT2D eigenvalue weighted by Crippen LogP contribution is 2.23. The summed E-state index contributed by atoms with van der Waals surface area (Å²) in [5.74, 6) is 0.990. The minimum Gasteiger partial charge on any atom is -0.444 e. The van der Waals surface area contributed by atoms with Crippen LogP contribution in [0.15, 0.2) is 10.6 Å². The predicted molar refractivity (Wildman–Crippen MR) is 51.0 cm³/mol. The highest BCUT2D eigenvalue weighted by atomic mass is 16.4. The second-order valence-corrected chi connectivity index (χ2v) is 3.72. The van der Waals surface area contributed by atoms with Crippen molar-refractivity contribution in [3.63, 3.8) is 0 Å². The molecule has 1 saturated heterocycles. The maximum atomic E-state index is 11.4. The molecular formula is C10H12N2O3. The number of nitrogens with zero attached hydrogens (tertiary/aromatic N) is 2. The van der Waals surface area contributed by atoms with Crippen molar-refractivity contribution in [1.82, 2.24) is 9.88 Å². The first-order valence-corrected chi connectivity index (χ1v) is 4.81. The van der Waals surface area contributed by atoms with Gasteiger partial charge in [-0.25, -0.2) is 4.98 Å². The van der Waals surface area contributed by atoms with Crippen LogP contribution < -0.4 is 0 Å². The topological polar surface area (TPSA) is 63.4 Å². The van der Waals surface area contributed by atoms with Crippen LogP contribution in [0.25, 0.3) is 0 Å². The van der Waals surface area contributed by atoms with Crippen molar-refractivity contribution in [2.24, 2.45) is 0 Å². The molecule has 0 saturated carbocycles. The van der Waals surface area contributed by atoms with E-state index >= 15 is 0 Å². The predicted octanol–water partition coefficient (Wildman–Crippen LogP) is 0.845. The van der Waals surface area contributed by atoms with Crippen LogP contribution >= 0.6 is 0 Å². The number of likely N-dealkylation sites (tertiary alicyclic amines) is 1. The maximum absolute atomic E-state index is 11.4. The van der Waals surface area contributed by atoms with Gasteiger partial charge in [-0.05, 0) is 13.8 Å². The Hall–Kier alpha value is -1.65. The molecule has 1 amide bonds. The van der Waals surface area contributed by atoms with E-state index in [1.54, 1.807) is 13.1 Å². The molecule has 5 nitrogen and oxygen atoms in total. The van der Waals surface area contributed by atoms with Gasteiger partial charge in [0.1, 0.15) is 11.8 Å². The van der Waals surface area contributed by atoms with E-state index in [9.17, 15) is 9.59 Å². The summed E-state index contributed by atoms with van der Waals surface area (Å²) in [7, 11) is 0. The molecule has 1 aliphatic heterocycles. The first kappa shape index (κ1) is 9.89. The Balaban J connectivity index is 2.18. The van der Waals surface area contributed by atoms with Crippen molar-refractivity contribution >= 4 is 11.7 Å². The van der Waals surface area contributed by atoms with Crippen LogP contribution in [0.1, 0.15) is 31.0 Å². The van der Waals surface area contributed by atoms with Crippen molar-refractivity contribution in [2.75, 3.05) is 6.54 Å². The van der Waals surface area contributed by atoms with Gasteiger partial charge in [0.15, 0.2) is 5.78 Å². The number of aryl methyl sites for hydroxylation is 1. The van der Waals surface area contributed by atoms with Gasteiger partial charge in [-0.3, -0.25) is 9.59 Å². The molecule has 80 valence electrons. The number of carbonyl (C=O) groups excluding carboxylic acids is 2. The van der Waals surface area contributed by atoms with Crippen LogP contribution in [0.5, 0.6) is 0 Å². The van der Waals surface area contributed by atoms with Gasteiger partial charge in [0.2, 0.25) is 11.8 Å². The standard InChI is InChI=1S/C10H12N2O3/c1-6-4-11-10(15-6)7(2)12-5-8(13)3-9(12)14/h4,7H,3,5H2,1-2H3. The van der Waals surface area contributed by atoms with E-state index < -0.39 is 0 Å². The second-order valence-electron chi connectivity index (χ2n) is 3.72. The zero-order chi connectivity index (χ0) is 11.0. The third-order valence-corrected chi connectivity index (χ3v) is 2.48. The van der Waals surface area contributed by atoms with Crippen LogP contribution in [-0.2, 0) is 9.59 Å². The average molecular weight is 208 g/mol. The molecule has 15 heavy (non-hydrogen) atoms. The summed E-state index contributed by atoms with van der Waals surface area (Å²) in [6.45, 7) is 3.77. The Morgan fingerprint density at radius 2 is 2.27 bits per heavy atom. The lowest BCUT2D eigenvalue weighted by molar-refractivity contribution is -0.129. The van der Waals surface area contributed by atoms with Crippen LogP contribution in [0.4, 0.5) is 0 Å². The number of carbonyl (C=O) groups is 2. The highest BCUT2D eigenvalue weighted by molar-refractivity contribution is 6.05. The van der Waals surface area contributed by atoms with Crippen LogP contribution in [-0.4, -0.2) is 28.1 Å². The molecule has 0 N–H and O–H groups in total. The van der Waals surface area contributed by atoms with Crippen LogP contribution in [0, 0.1) is 6.92 Å². The molecule has 0 aliphatic carbocycles. The third-order valence-electron chi connectivity index (χ3n) is 2.48. The molecule has 1 unspecified atom stereocenters. The molecule has 1 fully saturated rings. The molecule has 1 aromatic rings. The van der Waals surface area contributed by atoms with Gasteiger partial charge in [-0.15, -0.1) is 0 Å². The van der Waals surface area contributed by atoms with E-state index in [1.807, 2.05) is 6.92 Å². The van der Waals surface area contributed by atoms with Crippen LogP contribution in [0.3, 0.4) is 0 Å². The summed E-state index contributed by atoms with van der Waals surface area (Å²) in [5, 5.41) is 0. The zero-order valence-electron chi connectivity index (χ0n) is 8.69. The molecule has 0 radical (unpaired) electrons. The summed E-state index contributed by atoms with van der Waals surface area (Å²) < 4.78 is 5.32. The minimum absolute atomic E-state index is 0.00400. The number of hydrogen-bond acceptors (Lipinski definition) is 4. The van der Waals surface area contributed by atoms with E-state index in [0.717, 1.165) is 0 Å². The van der Waals surface area contributed by atoms with E-state index in [4.69, 9.17) is 4.42 Å². The van der Waals surface area contributed by atoms with Gasteiger partial charge in [0.25, 0.3) is 0 Å². The summed E-state index contributed by atoms with van der Waals surface area (Å²) >= 11 is 0. The number of oxazole rings is 1. The van der Waals surface area contributed by atoms with Crippen LogP contribution in [0.2, 0.25) is 0 Å². The molecular weight excluding hydrogens is 196 g/mol. The Morgan fingerprint density at radius 3 is 2.73 bits per heavy atom. The lowest BCUT2D eigenvalue weighted by Crippen LogP contribution is -2.28. The number of aromatic nitrogens is 1. The number of hydrogen-bond donors (Lipinski definition) is 0. The SMILES string of the molecule is Cc1cnc(C(C)N2CC(=O)CC2=O)o1. The van der Waals surface area contributed by atoms with E-state index in [-0.39, 0.29) is 30.7 Å². The molecule has 0 aromatic carbocycles. The molecule has 1 aliphatic rings. The number of rotatable bonds is 2. The first-order valence-electron chi connectivity index (χ1n) is 4.81. The second kappa shape index (κ2) is 3.49. The molecule has 1 atom stereocenters. The molecule has 0 bridgehead atoms. The monoisotopic (exact) mass is 208 g/mol. The summed E-state index contributed by atoms with van der Waals surface area (Å²) in [4.78, 5) is 28.1. The van der Waals surface area contributed by atoms with Crippen molar-refractivity contribution in [1.29, 1.82) is 0 Å². The molecule has 0 spiro atoms.